The van der Waals surface area contributed by atoms with Crippen LogP contribution in [0.15, 0.2) is 72.9 Å². The van der Waals surface area contributed by atoms with Gasteiger partial charge in [0.1, 0.15) is 34.6 Å². The van der Waals surface area contributed by atoms with E-state index in [1.165, 1.54) is 71.6 Å². The van der Waals surface area contributed by atoms with Crippen molar-refractivity contribution in [3.8, 4) is 0 Å². The van der Waals surface area contributed by atoms with Crippen molar-refractivity contribution in [1.82, 2.24) is 0 Å². The number of cyclic esters (lactones) is 1. The predicted molar refractivity (Wildman–Crippen MR) is 370 cm³/mol. The zero-order valence-corrected chi connectivity index (χ0v) is 61.9. The Bertz CT molecular complexity index is 3340. The van der Waals surface area contributed by atoms with Gasteiger partial charge in [-0.3, -0.25) is 4.18 Å². The maximum Gasteiger partial charge on any atom is 0.347 e. The molecule has 15 aliphatic carbocycles. The van der Waals surface area contributed by atoms with Crippen molar-refractivity contribution in [1.29, 1.82) is 0 Å². The summed E-state index contributed by atoms with van der Waals surface area (Å²) >= 11 is 0. The molecule has 0 radical (unpaired) electrons. The van der Waals surface area contributed by atoms with Crippen LogP contribution in [0.25, 0.3) is 0 Å². The lowest BCUT2D eigenvalue weighted by Gasteiger charge is -2.62. The normalized spacial score (nSPS) is 38.2. The van der Waals surface area contributed by atoms with Crippen LogP contribution >= 0.6 is 0 Å². The molecule has 0 amide bonds. The second kappa shape index (κ2) is 30.6. The maximum atomic E-state index is 12.1. The smallest absolute Gasteiger partial charge is 0.347 e. The van der Waals surface area contributed by atoms with Crippen LogP contribution in [-0.4, -0.2) is 147 Å². The van der Waals surface area contributed by atoms with Crippen molar-refractivity contribution in [3.63, 3.8) is 0 Å². The fraction of sp³-hybridized carbons (Fsp3) is 0.744. The minimum atomic E-state index is -3.53. The molecule has 2 saturated heterocycles. The molecule has 15 saturated carbocycles. The van der Waals surface area contributed by atoms with Gasteiger partial charge in [0.05, 0.1) is 28.7 Å². The molecule has 101 heavy (non-hydrogen) atoms. The third-order valence-corrected chi connectivity index (χ3v) is 25.9. The van der Waals surface area contributed by atoms with Crippen LogP contribution in [0.1, 0.15) is 229 Å². The molecule has 2 heterocycles. The summed E-state index contributed by atoms with van der Waals surface area (Å²) in [4.78, 5) is 91.7. The highest BCUT2D eigenvalue weighted by molar-refractivity contribution is 7.87. The lowest BCUT2D eigenvalue weighted by molar-refractivity contribution is -0.260. The molecule has 17 aliphatic rings. The van der Waals surface area contributed by atoms with Crippen LogP contribution in [0.4, 0.5) is 0 Å². The summed E-state index contributed by atoms with van der Waals surface area (Å²) < 4.78 is 70.8. The quantitative estimate of drug-likeness (QED) is 0.0559. The van der Waals surface area contributed by atoms with Gasteiger partial charge >= 0.3 is 47.8 Å². The van der Waals surface area contributed by atoms with E-state index in [0.29, 0.717) is 103 Å². The first-order valence-corrected chi connectivity index (χ1v) is 38.2. The largest absolute Gasteiger partial charge is 0.463 e. The maximum absolute atomic E-state index is 12.1. The lowest BCUT2D eigenvalue weighted by atomic mass is 9.47. The molecule has 17 fully saturated rings. The molecule has 3 N–H and O–H groups in total. The highest BCUT2D eigenvalue weighted by atomic mass is 32.2. The third-order valence-electron chi connectivity index (χ3n) is 24.1. The predicted octanol–water partition coefficient (Wildman–Crippen LogP) is 11.2. The van der Waals surface area contributed by atoms with Gasteiger partial charge in [0.25, 0.3) is 10.1 Å². The molecular weight excluding hydrogens is 1320 g/mol. The van der Waals surface area contributed by atoms with Crippen molar-refractivity contribution < 1.29 is 104 Å². The molecule has 22 nitrogen and oxygen atoms in total. The van der Waals surface area contributed by atoms with Crippen molar-refractivity contribution in [3.05, 3.63) is 72.9 Å². The second-order valence-electron chi connectivity index (χ2n) is 33.5. The third kappa shape index (κ3) is 18.0. The molecule has 10 unspecified atom stereocenters. The van der Waals surface area contributed by atoms with Crippen molar-refractivity contribution >= 4 is 57.9 Å². The molecule has 0 aromatic heterocycles. The van der Waals surface area contributed by atoms with Crippen LogP contribution in [0, 0.1) is 59.2 Å². The van der Waals surface area contributed by atoms with E-state index in [-0.39, 0.29) is 58.0 Å². The average molecular weight is 1430 g/mol. The van der Waals surface area contributed by atoms with Crippen LogP contribution in [0.3, 0.4) is 0 Å². The summed E-state index contributed by atoms with van der Waals surface area (Å²) in [6.45, 7) is 37.5. The van der Waals surface area contributed by atoms with Crippen molar-refractivity contribution in [2.75, 3.05) is 13.2 Å². The van der Waals surface area contributed by atoms with Gasteiger partial charge in [-0.1, -0.05) is 66.7 Å². The van der Waals surface area contributed by atoms with Crippen molar-refractivity contribution in [2.24, 2.45) is 59.2 Å². The summed E-state index contributed by atoms with van der Waals surface area (Å²) in [5.74, 6) is 1.15. The van der Waals surface area contributed by atoms with Crippen molar-refractivity contribution in [2.45, 2.75) is 292 Å². The van der Waals surface area contributed by atoms with Gasteiger partial charge in [-0.05, 0) is 217 Å². The molecule has 0 aromatic rings. The van der Waals surface area contributed by atoms with Gasteiger partial charge in [0.2, 0.25) is 6.10 Å². The van der Waals surface area contributed by atoms with E-state index >= 15 is 0 Å². The van der Waals surface area contributed by atoms with Crippen LogP contribution < -0.4 is 0 Å². The Kier molecular flexibility index (Phi) is 24.0. The summed E-state index contributed by atoms with van der Waals surface area (Å²) in [6, 6.07) is 0. The molecule has 10 atom stereocenters. The fourth-order valence-electron chi connectivity index (χ4n) is 20.9. The first-order chi connectivity index (χ1) is 47.1. The number of hydrogen-bond acceptors (Lipinski definition) is 22. The Morgan fingerprint density at radius 2 is 1.00 bits per heavy atom. The van der Waals surface area contributed by atoms with Gasteiger partial charge in [-0.15, -0.1) is 0 Å². The van der Waals surface area contributed by atoms with E-state index < -0.39 is 98.1 Å². The first-order valence-electron chi connectivity index (χ1n) is 36.8. The fourth-order valence-corrected chi connectivity index (χ4v) is 22.8. The Balaban J connectivity index is 0.000000142. The number of carbonyl (C=O) groups is 8. The Hall–Kier alpha value is -6.01. The molecule has 23 heteroatoms. The monoisotopic (exact) mass is 1430 g/mol. The topological polar surface area (TPSA) is 314 Å². The highest BCUT2D eigenvalue weighted by Crippen LogP contribution is 2.64. The van der Waals surface area contributed by atoms with Crippen LogP contribution in [0.5, 0.6) is 0 Å². The second-order valence-corrected chi connectivity index (χ2v) is 35.3. The first kappa shape index (κ1) is 79.1. The van der Waals surface area contributed by atoms with E-state index in [4.69, 9.17) is 37.3 Å². The summed E-state index contributed by atoms with van der Waals surface area (Å²) in [5, 5.41) is 31.1. The van der Waals surface area contributed by atoms with Crippen LogP contribution in [0.2, 0.25) is 0 Å². The van der Waals surface area contributed by atoms with E-state index in [0.717, 1.165) is 76.0 Å². The van der Waals surface area contributed by atoms with Gasteiger partial charge in [-0.25, -0.2) is 38.4 Å². The standard InChI is InChI=1S/C17H26O2.C14H20O4.C14H20O3.C13H16O7S.C12H20O2.C8H10O4/c1-10(2)16(18)19-17(11(3)4)14-6-12-5-13(8-14)9-15(17)7-12;1-9(2)11(15)18-14-5-10-3-12(16,7-14)6-13(17,4-10)8-14;1-9(2)12(15)17-14-6-10-3-11(7-14)5-13(16,4-10)8-14;1-6(2)13(15)18-5-10(14)19-11-7-3-8-9(4-7)21(16,17)20-12(8)11;1-4-12(8-6-5-7-9-12)14-11(13)10(2)3;1-5(2)7(9)12-6-3-4-11-8(6)10/h11-15H,1,5-9H2,2-4H3;10,16-17H,1,3-8H2,2H3;10-11,16H,1,3-8H2,2H3;7-9,11-12H,1,3-5H2,2H3;2,4-9H2,1,3H3;6H,1,3-4H2,2H3. The zero-order valence-electron chi connectivity index (χ0n) is 61.1. The van der Waals surface area contributed by atoms with E-state index in [9.17, 15) is 62.1 Å². The highest BCUT2D eigenvalue weighted by Gasteiger charge is 2.67. The number of fused-ring (bicyclic) bond motifs is 1. The molecule has 0 aromatic carbocycles. The van der Waals surface area contributed by atoms with E-state index in [2.05, 4.69) is 65.0 Å². The molecule has 14 bridgehead atoms. The van der Waals surface area contributed by atoms with Gasteiger partial charge in [-0.2, -0.15) is 8.42 Å². The van der Waals surface area contributed by atoms with Gasteiger partial charge < -0.3 is 53.2 Å². The number of carbonyl (C=O) groups excluding carboxylic acids is 8. The average Bonchev–Trinajstić information content (AvgIpc) is 1.63. The molecule has 17 rings (SSSR count). The Labute approximate surface area is 596 Å². The number of esters is 8. The number of hydrogen-bond donors (Lipinski definition) is 3. The lowest BCUT2D eigenvalue weighted by Crippen LogP contribution is -2.66. The summed E-state index contributed by atoms with van der Waals surface area (Å²) in [6.07, 6.45) is 21.9. The molecule has 0 spiro atoms. The number of rotatable bonds is 16. The number of aliphatic hydroxyl groups is 3. The van der Waals surface area contributed by atoms with E-state index in [1.807, 2.05) is 0 Å². The minimum Gasteiger partial charge on any atom is -0.463 e. The van der Waals surface area contributed by atoms with Crippen LogP contribution in [-0.2, 0) is 90.6 Å². The number of ether oxygens (including phenoxy) is 8. The molecular formula is C78H112O22S. The summed E-state index contributed by atoms with van der Waals surface area (Å²) in [7, 11) is -3.53. The zero-order chi connectivity index (χ0) is 74.3. The summed E-state index contributed by atoms with van der Waals surface area (Å²) in [5.41, 5.74) is -1.42. The molecule has 562 valence electrons. The Morgan fingerprint density at radius 1 is 0.535 bits per heavy atom. The van der Waals surface area contributed by atoms with Gasteiger partial charge in [0.15, 0.2) is 6.61 Å². The molecule has 2 aliphatic heterocycles. The minimum absolute atomic E-state index is 0.00284. The van der Waals surface area contributed by atoms with E-state index in [1.54, 1.807) is 27.7 Å². The SMILES string of the molecule is C=C(C)C(=O)OC1(C(C)C)C2CC3CC(C2)CC1C3.C=C(C)C(=O)OC1(CC)CCCCC1.C=C(C)C(=O)OC12CC3CC(CC(O)(C3)C1)C2.C=C(C)C(=O)OC12CC3CC(O)(CC(O)(C3)C1)C2.C=C(C)C(=O)OC1CCOC1=O.C=C(C)C(=O)OCC(=O)OC1C2CC3C1OS(=O)(=O)C3C2. The Morgan fingerprint density at radius 3 is 1.47 bits per heavy atom. The van der Waals surface area contributed by atoms with Gasteiger partial charge in [0, 0.05) is 77.4 Å².